The summed E-state index contributed by atoms with van der Waals surface area (Å²) >= 11 is 0. The zero-order chi connectivity index (χ0) is 13.9. The number of rotatable bonds is 5. The molecular formula is C14H18F3NO. The van der Waals surface area contributed by atoms with Crippen molar-refractivity contribution in [1.29, 1.82) is 0 Å². The van der Waals surface area contributed by atoms with E-state index in [1.807, 2.05) is 0 Å². The minimum absolute atomic E-state index is 0.179. The highest BCUT2D eigenvalue weighted by Crippen LogP contribution is 2.39. The van der Waals surface area contributed by atoms with Crippen LogP contribution in [0.3, 0.4) is 0 Å². The summed E-state index contributed by atoms with van der Waals surface area (Å²) in [5.74, 6) is -0.179. The van der Waals surface area contributed by atoms with Gasteiger partial charge < -0.3 is 10.1 Å². The average Bonchev–Trinajstić information content (AvgIpc) is 2.27. The molecule has 1 aromatic carbocycles. The monoisotopic (exact) mass is 273 g/mol. The molecule has 0 aliphatic heterocycles. The molecule has 0 amide bonds. The summed E-state index contributed by atoms with van der Waals surface area (Å²) in [4.78, 5) is 0. The lowest BCUT2D eigenvalue weighted by atomic mass is 9.70. The van der Waals surface area contributed by atoms with Crippen LogP contribution in [0.5, 0.6) is 5.75 Å². The lowest BCUT2D eigenvalue weighted by molar-refractivity contribution is -0.274. The maximum Gasteiger partial charge on any atom is 0.573 e. The fraction of sp³-hybridized carbons (Fsp3) is 0.571. The van der Waals surface area contributed by atoms with Crippen molar-refractivity contribution in [2.75, 3.05) is 6.54 Å². The summed E-state index contributed by atoms with van der Waals surface area (Å²) in [6.07, 6.45) is -0.836. The zero-order valence-electron chi connectivity index (χ0n) is 10.9. The number of halogens is 3. The molecule has 1 fully saturated rings. The fourth-order valence-electron chi connectivity index (χ4n) is 2.27. The van der Waals surface area contributed by atoms with Crippen molar-refractivity contribution in [1.82, 2.24) is 5.32 Å². The molecule has 1 saturated carbocycles. The minimum atomic E-state index is -4.63. The van der Waals surface area contributed by atoms with Crippen LogP contribution < -0.4 is 10.1 Å². The molecule has 0 saturated heterocycles. The van der Waals surface area contributed by atoms with Crippen molar-refractivity contribution in [2.24, 2.45) is 5.41 Å². The predicted octanol–water partition coefficient (Wildman–Crippen LogP) is 3.87. The first-order chi connectivity index (χ1) is 8.86. The van der Waals surface area contributed by atoms with Crippen molar-refractivity contribution in [3.8, 4) is 5.75 Å². The van der Waals surface area contributed by atoms with E-state index in [4.69, 9.17) is 0 Å². The lowest BCUT2D eigenvalue weighted by Crippen LogP contribution is -2.36. The molecule has 1 N–H and O–H groups in total. The summed E-state index contributed by atoms with van der Waals surface area (Å²) in [7, 11) is 0. The van der Waals surface area contributed by atoms with E-state index in [2.05, 4.69) is 17.0 Å². The van der Waals surface area contributed by atoms with Crippen LogP contribution in [0.2, 0.25) is 0 Å². The molecule has 5 heteroatoms. The van der Waals surface area contributed by atoms with Crippen molar-refractivity contribution >= 4 is 0 Å². The molecular weight excluding hydrogens is 255 g/mol. The van der Waals surface area contributed by atoms with Gasteiger partial charge in [0, 0.05) is 13.1 Å². The van der Waals surface area contributed by atoms with Crippen molar-refractivity contribution in [3.05, 3.63) is 29.8 Å². The van der Waals surface area contributed by atoms with Gasteiger partial charge in [0.15, 0.2) is 0 Å². The quantitative estimate of drug-likeness (QED) is 0.879. The second-order valence-corrected chi connectivity index (χ2v) is 5.46. The van der Waals surface area contributed by atoms with Gasteiger partial charge in [-0.05, 0) is 36.0 Å². The van der Waals surface area contributed by atoms with Crippen LogP contribution in [-0.2, 0) is 6.54 Å². The number of benzene rings is 1. The first-order valence-electron chi connectivity index (χ1n) is 6.42. The second kappa shape index (κ2) is 5.41. The van der Waals surface area contributed by atoms with E-state index in [-0.39, 0.29) is 5.75 Å². The number of ether oxygens (including phenoxy) is 1. The first-order valence-corrected chi connectivity index (χ1v) is 6.42. The third-order valence-electron chi connectivity index (χ3n) is 3.60. The van der Waals surface area contributed by atoms with Gasteiger partial charge in [-0.2, -0.15) is 0 Å². The molecule has 0 spiro atoms. The van der Waals surface area contributed by atoms with Gasteiger partial charge in [0.2, 0.25) is 0 Å². The van der Waals surface area contributed by atoms with Crippen LogP contribution in [-0.4, -0.2) is 12.9 Å². The summed E-state index contributed by atoms with van der Waals surface area (Å²) in [6.45, 7) is 3.87. The largest absolute Gasteiger partial charge is 0.573 e. The molecule has 19 heavy (non-hydrogen) atoms. The fourth-order valence-corrected chi connectivity index (χ4v) is 2.27. The highest BCUT2D eigenvalue weighted by molar-refractivity contribution is 5.27. The molecule has 0 heterocycles. The van der Waals surface area contributed by atoms with Crippen LogP contribution in [0.25, 0.3) is 0 Å². The van der Waals surface area contributed by atoms with Crippen LogP contribution in [0.4, 0.5) is 13.2 Å². The van der Waals surface area contributed by atoms with E-state index in [1.54, 1.807) is 12.1 Å². The third kappa shape index (κ3) is 4.42. The normalized spacial score (nSPS) is 17.9. The smallest absolute Gasteiger partial charge is 0.406 e. The van der Waals surface area contributed by atoms with Gasteiger partial charge in [-0.15, -0.1) is 13.2 Å². The Balaban J connectivity index is 1.78. The van der Waals surface area contributed by atoms with Crippen LogP contribution in [0.15, 0.2) is 24.3 Å². The topological polar surface area (TPSA) is 21.3 Å². The molecule has 0 radical (unpaired) electrons. The van der Waals surface area contributed by atoms with E-state index < -0.39 is 6.36 Å². The lowest BCUT2D eigenvalue weighted by Gasteiger charge is -2.38. The highest BCUT2D eigenvalue weighted by Gasteiger charge is 2.31. The molecule has 2 nitrogen and oxygen atoms in total. The van der Waals surface area contributed by atoms with Crippen molar-refractivity contribution in [3.63, 3.8) is 0 Å². The van der Waals surface area contributed by atoms with Crippen LogP contribution in [0, 0.1) is 5.41 Å². The Morgan fingerprint density at radius 3 is 2.32 bits per heavy atom. The molecule has 0 aromatic heterocycles. The van der Waals surface area contributed by atoms with Gasteiger partial charge in [-0.1, -0.05) is 25.5 Å². The van der Waals surface area contributed by atoms with Gasteiger partial charge in [-0.25, -0.2) is 0 Å². The minimum Gasteiger partial charge on any atom is -0.406 e. The average molecular weight is 273 g/mol. The standard InChI is InChI=1S/C14H18F3NO/c1-13(7-2-8-13)10-18-9-11-3-5-12(6-4-11)19-14(15,16)17/h3-6,18H,2,7-10H2,1H3. The van der Waals surface area contributed by atoms with Gasteiger partial charge in [0.05, 0.1) is 0 Å². The number of nitrogens with one attached hydrogen (secondary N) is 1. The van der Waals surface area contributed by atoms with E-state index in [0.717, 1.165) is 12.1 Å². The van der Waals surface area contributed by atoms with E-state index in [9.17, 15) is 13.2 Å². The second-order valence-electron chi connectivity index (χ2n) is 5.46. The highest BCUT2D eigenvalue weighted by atomic mass is 19.4. The molecule has 2 rings (SSSR count). The molecule has 1 aliphatic carbocycles. The zero-order valence-corrected chi connectivity index (χ0v) is 10.9. The van der Waals surface area contributed by atoms with Gasteiger partial charge in [0.1, 0.15) is 5.75 Å². The van der Waals surface area contributed by atoms with E-state index in [0.29, 0.717) is 12.0 Å². The van der Waals surface area contributed by atoms with Crippen LogP contribution >= 0.6 is 0 Å². The summed E-state index contributed by atoms with van der Waals surface area (Å²) in [5.41, 5.74) is 1.36. The summed E-state index contributed by atoms with van der Waals surface area (Å²) in [5, 5.41) is 3.35. The van der Waals surface area contributed by atoms with Crippen molar-refractivity contribution in [2.45, 2.75) is 39.1 Å². The molecule has 0 bridgehead atoms. The summed E-state index contributed by atoms with van der Waals surface area (Å²) < 4.78 is 39.8. The maximum atomic E-state index is 12.0. The number of hydrogen-bond acceptors (Lipinski definition) is 2. The SMILES string of the molecule is CC1(CNCc2ccc(OC(F)(F)F)cc2)CCC1. The predicted molar refractivity (Wildman–Crippen MR) is 66.8 cm³/mol. The molecule has 1 aromatic rings. The Labute approximate surface area is 111 Å². The molecule has 0 atom stereocenters. The maximum absolute atomic E-state index is 12.0. The third-order valence-corrected chi connectivity index (χ3v) is 3.60. The Kier molecular flexibility index (Phi) is 4.04. The van der Waals surface area contributed by atoms with Gasteiger partial charge in [0.25, 0.3) is 0 Å². The molecule has 106 valence electrons. The number of alkyl halides is 3. The Bertz CT molecular complexity index is 410. The van der Waals surface area contributed by atoms with Gasteiger partial charge in [-0.3, -0.25) is 0 Å². The molecule has 1 aliphatic rings. The van der Waals surface area contributed by atoms with E-state index in [1.165, 1.54) is 31.4 Å². The van der Waals surface area contributed by atoms with E-state index >= 15 is 0 Å². The van der Waals surface area contributed by atoms with Crippen molar-refractivity contribution < 1.29 is 17.9 Å². The first kappa shape index (κ1) is 14.2. The van der Waals surface area contributed by atoms with Gasteiger partial charge >= 0.3 is 6.36 Å². The number of hydrogen-bond donors (Lipinski definition) is 1. The summed E-state index contributed by atoms with van der Waals surface area (Å²) in [6, 6.07) is 5.99. The van der Waals surface area contributed by atoms with Crippen LogP contribution in [0.1, 0.15) is 31.7 Å². The Hall–Kier alpha value is -1.23. The molecule has 0 unspecified atom stereocenters. The Morgan fingerprint density at radius 2 is 1.84 bits per heavy atom. The Morgan fingerprint density at radius 1 is 1.21 bits per heavy atom.